The number of anilines is 1. The molecule has 1 aliphatic rings. The van der Waals surface area contributed by atoms with Crippen molar-refractivity contribution < 1.29 is 9.18 Å². The Hall–Kier alpha value is -1.46. The van der Waals surface area contributed by atoms with Crippen LogP contribution in [0.5, 0.6) is 0 Å². The molecular formula is C16H24FN3O. The molecule has 1 fully saturated rings. The molecule has 1 atom stereocenters. The highest BCUT2D eigenvalue weighted by molar-refractivity contribution is 5.94. The Morgan fingerprint density at radius 1 is 1.33 bits per heavy atom. The molecule has 1 aliphatic heterocycles. The number of rotatable bonds is 4. The Morgan fingerprint density at radius 2 is 2.00 bits per heavy atom. The van der Waals surface area contributed by atoms with Crippen molar-refractivity contribution in [2.24, 2.45) is 0 Å². The topological polar surface area (TPSA) is 35.6 Å². The fourth-order valence-corrected chi connectivity index (χ4v) is 2.59. The van der Waals surface area contributed by atoms with E-state index in [2.05, 4.69) is 22.0 Å². The van der Waals surface area contributed by atoms with Gasteiger partial charge in [0.15, 0.2) is 0 Å². The van der Waals surface area contributed by atoms with E-state index in [0.29, 0.717) is 0 Å². The van der Waals surface area contributed by atoms with Crippen molar-refractivity contribution >= 4 is 11.6 Å². The third-order valence-electron chi connectivity index (χ3n) is 4.16. The number of hydrogen-bond acceptors (Lipinski definition) is 3. The van der Waals surface area contributed by atoms with Crippen molar-refractivity contribution in [1.82, 2.24) is 9.80 Å². The van der Waals surface area contributed by atoms with Crippen molar-refractivity contribution in [2.45, 2.75) is 26.8 Å². The first-order valence-electron chi connectivity index (χ1n) is 7.54. The number of carbonyl (C=O) groups excluding carboxylic acids is 1. The summed E-state index contributed by atoms with van der Waals surface area (Å²) in [4.78, 5) is 16.8. The average Bonchev–Trinajstić information content (AvgIpc) is 2.49. The minimum atomic E-state index is -0.383. The van der Waals surface area contributed by atoms with E-state index in [9.17, 15) is 9.18 Å². The Morgan fingerprint density at radius 3 is 2.57 bits per heavy atom. The summed E-state index contributed by atoms with van der Waals surface area (Å²) in [6.45, 7) is 10.6. The fourth-order valence-electron chi connectivity index (χ4n) is 2.59. The van der Waals surface area contributed by atoms with Gasteiger partial charge in [-0.3, -0.25) is 9.69 Å². The second-order valence-electron chi connectivity index (χ2n) is 5.62. The number of hydrogen-bond donors (Lipinski definition) is 1. The third-order valence-corrected chi connectivity index (χ3v) is 4.16. The number of amides is 1. The first-order valence-corrected chi connectivity index (χ1v) is 7.54. The Bertz CT molecular complexity index is 498. The van der Waals surface area contributed by atoms with Crippen molar-refractivity contribution in [1.29, 1.82) is 0 Å². The maximum atomic E-state index is 13.8. The molecule has 2 rings (SSSR count). The van der Waals surface area contributed by atoms with E-state index < -0.39 is 0 Å². The van der Waals surface area contributed by atoms with Gasteiger partial charge in [-0.1, -0.05) is 13.0 Å². The highest BCUT2D eigenvalue weighted by Gasteiger charge is 2.25. The molecule has 1 saturated heterocycles. The second-order valence-corrected chi connectivity index (χ2v) is 5.62. The second kappa shape index (κ2) is 7.00. The van der Waals surface area contributed by atoms with E-state index in [0.717, 1.165) is 38.3 Å². The zero-order chi connectivity index (χ0) is 15.4. The number of piperazine rings is 1. The van der Waals surface area contributed by atoms with Gasteiger partial charge in [0.25, 0.3) is 0 Å². The monoisotopic (exact) mass is 293 g/mol. The van der Waals surface area contributed by atoms with Gasteiger partial charge in [0.2, 0.25) is 5.91 Å². The summed E-state index contributed by atoms with van der Waals surface area (Å²) in [5.74, 6) is -0.533. The summed E-state index contributed by atoms with van der Waals surface area (Å²) in [7, 11) is 0. The van der Waals surface area contributed by atoms with Crippen LogP contribution in [-0.2, 0) is 4.79 Å². The van der Waals surface area contributed by atoms with E-state index in [1.54, 1.807) is 12.1 Å². The Kier molecular flexibility index (Phi) is 5.31. The minimum Gasteiger partial charge on any atom is -0.322 e. The number of nitrogens with one attached hydrogen (secondary N) is 1. The van der Waals surface area contributed by atoms with Gasteiger partial charge in [0.1, 0.15) is 5.82 Å². The number of likely N-dealkylation sites (N-methyl/N-ethyl adjacent to an activating group) is 1. The number of carbonyl (C=O) groups is 1. The van der Waals surface area contributed by atoms with Crippen molar-refractivity contribution in [3.8, 4) is 0 Å². The van der Waals surface area contributed by atoms with Gasteiger partial charge in [-0.15, -0.1) is 0 Å². The lowest BCUT2D eigenvalue weighted by Gasteiger charge is -2.36. The maximum absolute atomic E-state index is 13.8. The van der Waals surface area contributed by atoms with Crippen molar-refractivity contribution in [3.05, 3.63) is 29.6 Å². The van der Waals surface area contributed by atoms with Gasteiger partial charge in [-0.05, 0) is 38.1 Å². The minimum absolute atomic E-state index is 0.150. The van der Waals surface area contributed by atoms with Gasteiger partial charge in [-0.25, -0.2) is 4.39 Å². The zero-order valence-corrected chi connectivity index (χ0v) is 13.0. The lowest BCUT2D eigenvalue weighted by atomic mass is 10.2. The summed E-state index contributed by atoms with van der Waals surface area (Å²) in [6.07, 6.45) is 0. The molecular weight excluding hydrogens is 269 g/mol. The average molecular weight is 293 g/mol. The van der Waals surface area contributed by atoms with Crippen LogP contribution in [0.3, 0.4) is 0 Å². The maximum Gasteiger partial charge on any atom is 0.241 e. The van der Waals surface area contributed by atoms with Crippen LogP contribution in [-0.4, -0.2) is 54.5 Å². The van der Waals surface area contributed by atoms with Crippen LogP contribution in [0.1, 0.15) is 19.4 Å². The van der Waals surface area contributed by atoms with E-state index in [1.807, 2.05) is 13.8 Å². The molecule has 0 bridgehead atoms. The first kappa shape index (κ1) is 15.9. The van der Waals surface area contributed by atoms with E-state index in [1.165, 1.54) is 6.07 Å². The third kappa shape index (κ3) is 4.02. The highest BCUT2D eigenvalue weighted by atomic mass is 19.1. The van der Waals surface area contributed by atoms with Crippen LogP contribution in [0.2, 0.25) is 0 Å². The molecule has 116 valence electrons. The first-order chi connectivity index (χ1) is 10.0. The molecule has 1 amide bonds. The molecule has 0 spiro atoms. The fraction of sp³-hybridized carbons (Fsp3) is 0.562. The Labute approximate surface area is 125 Å². The molecule has 5 heteroatoms. The summed E-state index contributed by atoms with van der Waals surface area (Å²) in [6, 6.07) is 4.60. The molecule has 0 aliphatic carbocycles. The van der Waals surface area contributed by atoms with Gasteiger partial charge in [0, 0.05) is 26.2 Å². The van der Waals surface area contributed by atoms with Gasteiger partial charge in [0.05, 0.1) is 11.7 Å². The number of aryl methyl sites for hydroxylation is 1. The van der Waals surface area contributed by atoms with Crippen molar-refractivity contribution in [3.63, 3.8) is 0 Å². The zero-order valence-electron chi connectivity index (χ0n) is 13.0. The normalized spacial score (nSPS) is 18.5. The molecule has 0 aromatic heterocycles. The van der Waals surface area contributed by atoms with E-state index >= 15 is 0 Å². The van der Waals surface area contributed by atoms with Crippen LogP contribution >= 0.6 is 0 Å². The van der Waals surface area contributed by atoms with Gasteiger partial charge in [-0.2, -0.15) is 0 Å². The Balaban J connectivity index is 1.93. The van der Waals surface area contributed by atoms with Gasteiger partial charge >= 0.3 is 0 Å². The molecule has 21 heavy (non-hydrogen) atoms. The lowest BCUT2D eigenvalue weighted by molar-refractivity contribution is -0.121. The van der Waals surface area contributed by atoms with Crippen molar-refractivity contribution in [2.75, 3.05) is 38.0 Å². The van der Waals surface area contributed by atoms with Crippen LogP contribution < -0.4 is 5.32 Å². The van der Waals surface area contributed by atoms with E-state index in [-0.39, 0.29) is 23.5 Å². The van der Waals surface area contributed by atoms with Crippen LogP contribution in [0, 0.1) is 12.7 Å². The molecule has 1 heterocycles. The summed E-state index contributed by atoms with van der Waals surface area (Å²) < 4.78 is 13.8. The summed E-state index contributed by atoms with van der Waals surface area (Å²) in [5.41, 5.74) is 1.10. The quantitative estimate of drug-likeness (QED) is 0.923. The number of nitrogens with zero attached hydrogens (tertiary/aromatic N) is 2. The summed E-state index contributed by atoms with van der Waals surface area (Å²) in [5, 5.41) is 2.69. The molecule has 0 saturated carbocycles. The van der Waals surface area contributed by atoms with Crippen LogP contribution in [0.25, 0.3) is 0 Å². The smallest absolute Gasteiger partial charge is 0.241 e. The highest BCUT2D eigenvalue weighted by Crippen LogP contribution is 2.16. The molecule has 1 aromatic rings. The standard InChI is InChI=1S/C16H24FN3O/c1-4-19-7-9-20(10-8-19)13(3)16(21)18-15-6-5-12(2)11-14(15)17/h5-6,11,13H,4,7-10H2,1-3H3,(H,18,21). The lowest BCUT2D eigenvalue weighted by Crippen LogP contribution is -2.52. The van der Waals surface area contributed by atoms with E-state index in [4.69, 9.17) is 0 Å². The number of benzene rings is 1. The number of halogens is 1. The predicted molar refractivity (Wildman–Crippen MR) is 82.9 cm³/mol. The van der Waals surface area contributed by atoms with Crippen LogP contribution in [0.15, 0.2) is 18.2 Å². The summed E-state index contributed by atoms with van der Waals surface area (Å²) >= 11 is 0. The molecule has 1 unspecified atom stereocenters. The molecule has 0 radical (unpaired) electrons. The molecule has 4 nitrogen and oxygen atoms in total. The largest absolute Gasteiger partial charge is 0.322 e. The van der Waals surface area contributed by atoms with Crippen LogP contribution in [0.4, 0.5) is 10.1 Å². The molecule has 1 N–H and O–H groups in total. The SMILES string of the molecule is CCN1CCN(C(C)C(=O)Nc2ccc(C)cc2F)CC1. The molecule has 1 aromatic carbocycles. The van der Waals surface area contributed by atoms with Gasteiger partial charge < -0.3 is 10.2 Å². The predicted octanol–water partition coefficient (Wildman–Crippen LogP) is 2.10.